The minimum absolute atomic E-state index is 0.200. The maximum absolute atomic E-state index is 13.6. The van der Waals surface area contributed by atoms with Crippen LogP contribution in [-0.4, -0.2) is 79.6 Å². The Kier molecular flexibility index (Phi) is 6.99. The fourth-order valence-corrected chi connectivity index (χ4v) is 7.70. The fourth-order valence-electron chi connectivity index (χ4n) is 7.21. The average molecular weight is 598 g/mol. The van der Waals surface area contributed by atoms with Crippen LogP contribution < -0.4 is 4.90 Å². The Morgan fingerprint density at radius 1 is 0.674 bits per heavy atom. The molecule has 2 aliphatic heterocycles. The molecule has 2 aliphatic rings. The van der Waals surface area contributed by atoms with Crippen LogP contribution in [0.5, 0.6) is 0 Å². The summed E-state index contributed by atoms with van der Waals surface area (Å²) in [7, 11) is -3.93. The lowest BCUT2D eigenvalue weighted by Gasteiger charge is -2.37. The van der Waals surface area contributed by atoms with Gasteiger partial charge in [-0.1, -0.05) is 56.2 Å². The highest BCUT2D eigenvalue weighted by molar-refractivity contribution is 7.85. The Bertz CT molecular complexity index is 1940. The molecule has 1 saturated heterocycles. The number of carbonyl (C=O) groups is 2. The summed E-state index contributed by atoms with van der Waals surface area (Å²) in [6.45, 7) is 6.48. The van der Waals surface area contributed by atoms with Gasteiger partial charge in [0.05, 0.1) is 5.75 Å². The van der Waals surface area contributed by atoms with Gasteiger partial charge >= 0.3 is 0 Å². The van der Waals surface area contributed by atoms with Crippen LogP contribution in [0.15, 0.2) is 54.6 Å². The third-order valence-corrected chi connectivity index (χ3v) is 10.1. The smallest absolute Gasteiger partial charge is 0.264 e. The van der Waals surface area contributed by atoms with E-state index in [9.17, 15) is 18.0 Å². The lowest BCUT2D eigenvalue weighted by molar-refractivity contribution is 0.0608. The Labute approximate surface area is 250 Å². The van der Waals surface area contributed by atoms with Gasteiger partial charge in [-0.2, -0.15) is 8.42 Å². The van der Waals surface area contributed by atoms with Crippen molar-refractivity contribution in [2.45, 2.75) is 32.6 Å². The van der Waals surface area contributed by atoms with E-state index < -0.39 is 10.1 Å². The van der Waals surface area contributed by atoms with Crippen molar-refractivity contribution in [3.05, 3.63) is 65.7 Å². The molecule has 0 saturated carbocycles. The highest BCUT2D eigenvalue weighted by Gasteiger charge is 2.34. The second-order valence-corrected chi connectivity index (χ2v) is 13.4. The van der Waals surface area contributed by atoms with Gasteiger partial charge < -0.3 is 4.90 Å². The molecule has 5 aromatic carbocycles. The molecule has 1 fully saturated rings. The summed E-state index contributed by atoms with van der Waals surface area (Å²) >= 11 is 0. The van der Waals surface area contributed by atoms with Crippen LogP contribution in [0, 0.1) is 0 Å². The van der Waals surface area contributed by atoms with E-state index in [1.165, 1.54) is 21.4 Å². The van der Waals surface area contributed by atoms with Gasteiger partial charge in [0, 0.05) is 60.3 Å². The van der Waals surface area contributed by atoms with Crippen LogP contribution in [0.3, 0.4) is 0 Å². The molecule has 0 atom stereocenters. The summed E-state index contributed by atoms with van der Waals surface area (Å²) < 4.78 is 31.2. The number of fused-ring (bicyclic) bond motifs is 2. The highest BCUT2D eigenvalue weighted by Crippen LogP contribution is 2.45. The lowest BCUT2D eigenvalue weighted by Crippen LogP contribution is -2.46. The van der Waals surface area contributed by atoms with E-state index in [1.54, 1.807) is 0 Å². The normalized spacial score (nSPS) is 16.5. The molecule has 43 heavy (non-hydrogen) atoms. The van der Waals surface area contributed by atoms with Gasteiger partial charge in [0.25, 0.3) is 21.9 Å². The lowest BCUT2D eigenvalue weighted by atomic mass is 9.84. The van der Waals surface area contributed by atoms with Gasteiger partial charge in [0.1, 0.15) is 0 Å². The van der Waals surface area contributed by atoms with Crippen molar-refractivity contribution < 1.29 is 22.6 Å². The van der Waals surface area contributed by atoms with Crippen LogP contribution in [-0.2, 0) is 10.1 Å². The van der Waals surface area contributed by atoms with E-state index >= 15 is 0 Å². The Balaban J connectivity index is 1.28. The third-order valence-electron chi connectivity index (χ3n) is 9.28. The van der Waals surface area contributed by atoms with Gasteiger partial charge in [0.15, 0.2) is 0 Å². The number of amides is 2. The molecule has 5 aromatic rings. The van der Waals surface area contributed by atoms with Crippen molar-refractivity contribution in [3.8, 4) is 0 Å². The van der Waals surface area contributed by atoms with E-state index in [2.05, 4.69) is 59.2 Å². The Morgan fingerprint density at radius 2 is 1.28 bits per heavy atom. The Morgan fingerprint density at radius 3 is 1.93 bits per heavy atom. The third kappa shape index (κ3) is 4.70. The molecule has 1 N–H and O–H groups in total. The number of rotatable bonds is 9. The van der Waals surface area contributed by atoms with Crippen LogP contribution >= 0.6 is 0 Å². The van der Waals surface area contributed by atoms with E-state index in [1.807, 2.05) is 12.1 Å². The first kappa shape index (κ1) is 28.0. The number of hydrogen-bond acceptors (Lipinski definition) is 6. The number of anilines is 1. The number of imide groups is 1. The summed E-state index contributed by atoms with van der Waals surface area (Å²) in [6, 6.07) is 18.7. The molecule has 0 spiro atoms. The molecule has 9 heteroatoms. The largest absolute Gasteiger partial charge is 0.368 e. The number of piperazine rings is 1. The van der Waals surface area contributed by atoms with Crippen LogP contribution in [0.1, 0.15) is 53.3 Å². The number of hydrogen-bond donors (Lipinski definition) is 1. The molecule has 2 amide bonds. The number of unbranched alkanes of at least 4 members (excludes halogenated alkanes) is 2. The maximum atomic E-state index is 13.6. The summed E-state index contributed by atoms with van der Waals surface area (Å²) in [5, 5.41) is 8.43. The average Bonchev–Trinajstić information content (AvgIpc) is 3.00. The van der Waals surface area contributed by atoms with Crippen molar-refractivity contribution in [1.29, 1.82) is 0 Å². The van der Waals surface area contributed by atoms with E-state index in [-0.39, 0.29) is 17.6 Å². The van der Waals surface area contributed by atoms with Gasteiger partial charge in [0.2, 0.25) is 0 Å². The molecule has 0 unspecified atom stereocenters. The highest BCUT2D eigenvalue weighted by atomic mass is 32.2. The van der Waals surface area contributed by atoms with E-state index in [0.29, 0.717) is 30.6 Å². The molecule has 222 valence electrons. The van der Waals surface area contributed by atoms with Crippen molar-refractivity contribution >= 4 is 70.7 Å². The molecule has 0 bridgehead atoms. The second kappa shape index (κ2) is 10.7. The standard InChI is InChI=1S/C34H35N3O5S/c1-2-3-4-16-37-33(38)27-11-9-24-22-7-5-8-26-29(36-19-17-35(18-20-36)15-6-21-43(40,41)42)14-13-23(30(22)26)25-10-12-28(34(37)39)32(27)31(24)25/h5,7-14H,2-4,6,15-21H2,1H3,(H,40,41,42). The van der Waals surface area contributed by atoms with Gasteiger partial charge in [-0.05, 0) is 69.9 Å². The Hall–Kier alpha value is -3.79. The number of carbonyl (C=O) groups excluding carboxylic acids is 2. The van der Waals surface area contributed by atoms with Gasteiger partial charge in [-0.3, -0.25) is 23.9 Å². The minimum Gasteiger partial charge on any atom is -0.368 e. The molecule has 0 aliphatic carbocycles. The molecule has 0 aromatic heterocycles. The van der Waals surface area contributed by atoms with Gasteiger partial charge in [-0.15, -0.1) is 0 Å². The molecule has 8 nitrogen and oxygen atoms in total. The summed E-state index contributed by atoms with van der Waals surface area (Å²) in [5.74, 6) is -0.610. The van der Waals surface area contributed by atoms with Crippen LogP contribution in [0.25, 0.3) is 43.1 Å². The van der Waals surface area contributed by atoms with E-state index in [0.717, 1.165) is 77.8 Å². The van der Waals surface area contributed by atoms with Crippen LogP contribution in [0.2, 0.25) is 0 Å². The van der Waals surface area contributed by atoms with Crippen molar-refractivity contribution in [2.75, 3.05) is 49.9 Å². The predicted molar refractivity (Wildman–Crippen MR) is 172 cm³/mol. The second-order valence-electron chi connectivity index (χ2n) is 11.9. The predicted octanol–water partition coefficient (Wildman–Crippen LogP) is 5.92. The first-order chi connectivity index (χ1) is 20.8. The minimum atomic E-state index is -3.93. The van der Waals surface area contributed by atoms with Crippen LogP contribution in [0.4, 0.5) is 5.69 Å². The number of benzene rings is 5. The molecule has 0 radical (unpaired) electrons. The molecule has 7 rings (SSSR count). The van der Waals surface area contributed by atoms with E-state index in [4.69, 9.17) is 4.55 Å². The fraction of sp³-hybridized carbons (Fsp3) is 0.353. The summed E-state index contributed by atoms with van der Waals surface area (Å²) in [6.07, 6.45) is 3.23. The number of nitrogens with zero attached hydrogens (tertiary/aromatic N) is 3. The zero-order valence-electron chi connectivity index (χ0n) is 24.3. The van der Waals surface area contributed by atoms with Gasteiger partial charge in [-0.25, -0.2) is 0 Å². The maximum Gasteiger partial charge on any atom is 0.264 e. The quantitative estimate of drug-likeness (QED) is 0.0740. The molecular weight excluding hydrogens is 562 g/mol. The summed E-state index contributed by atoms with van der Waals surface area (Å²) in [5.41, 5.74) is 2.38. The van der Waals surface area contributed by atoms with Crippen molar-refractivity contribution in [2.24, 2.45) is 0 Å². The zero-order chi connectivity index (χ0) is 29.9. The summed E-state index contributed by atoms with van der Waals surface area (Å²) in [4.78, 5) is 33.2. The first-order valence-electron chi connectivity index (χ1n) is 15.2. The van der Waals surface area contributed by atoms with Crippen molar-refractivity contribution in [1.82, 2.24) is 9.80 Å². The van der Waals surface area contributed by atoms with Crippen molar-refractivity contribution in [3.63, 3.8) is 0 Å². The zero-order valence-corrected chi connectivity index (χ0v) is 25.1. The topological polar surface area (TPSA) is 98.2 Å². The monoisotopic (exact) mass is 597 g/mol. The first-order valence-corrected chi connectivity index (χ1v) is 16.8. The SMILES string of the molecule is CCCCCN1C(=O)c2ccc3c4cccc5c(N6CCN(CCCS(=O)(=O)O)CC6)ccc(c6ccc(c2c36)C1=O)c54. The molecule has 2 heterocycles. The molecular formula is C34H35N3O5S.